The zero-order chi connectivity index (χ0) is 81.7. The molecule has 0 aliphatic heterocycles. The molecular formula is C88H99BBrClF3LiN6O15. The average Bonchev–Trinajstić information content (AvgIpc) is 1.62. The van der Waals surface area contributed by atoms with E-state index in [1.54, 1.807) is 102 Å². The van der Waals surface area contributed by atoms with Crippen LogP contribution in [0, 0.1) is 17.5 Å². The molecule has 10 N–H and O–H groups in total. The van der Waals surface area contributed by atoms with E-state index in [0.717, 1.165) is 65.2 Å². The third-order valence-corrected chi connectivity index (χ3v) is 19.4. The van der Waals surface area contributed by atoms with Gasteiger partial charge in [-0.2, -0.15) is 0 Å². The van der Waals surface area contributed by atoms with Crippen molar-refractivity contribution in [3.8, 4) is 56.8 Å². The van der Waals surface area contributed by atoms with Gasteiger partial charge >= 0.3 is 43.9 Å². The Morgan fingerprint density at radius 1 is 0.448 bits per heavy atom. The molecular weight excluding hydrogens is 1570 g/mol. The van der Waals surface area contributed by atoms with E-state index in [2.05, 4.69) is 102 Å². The van der Waals surface area contributed by atoms with Gasteiger partial charge in [0.2, 0.25) is 0 Å². The first-order valence-corrected chi connectivity index (χ1v) is 37.8. The molecule has 0 bridgehead atoms. The second-order valence-electron chi connectivity index (χ2n) is 27.3. The third kappa shape index (κ3) is 23.8. The first kappa shape index (κ1) is 94.6. The van der Waals surface area contributed by atoms with Gasteiger partial charge in [0.25, 0.3) is 0 Å². The van der Waals surface area contributed by atoms with Crippen molar-refractivity contribution in [2.45, 2.75) is 132 Å². The number of halogens is 5. The monoisotopic (exact) mass is 1670 g/mol. The van der Waals surface area contributed by atoms with Gasteiger partial charge in [-0.15, -0.1) is 12.4 Å². The number of aliphatic carboxylic acids is 1. The number of carbonyl (C=O) groups is 3. The Morgan fingerprint density at radius 2 is 0.784 bits per heavy atom. The van der Waals surface area contributed by atoms with Crippen molar-refractivity contribution in [3.05, 3.63) is 254 Å². The van der Waals surface area contributed by atoms with E-state index in [1.165, 1.54) is 23.6 Å². The molecule has 0 atom stereocenters. The minimum absolute atomic E-state index is 0. The summed E-state index contributed by atoms with van der Waals surface area (Å²) < 4.78 is 96.0. The molecule has 0 unspecified atom stereocenters. The summed E-state index contributed by atoms with van der Waals surface area (Å²) in [5, 5.41) is 29.7. The van der Waals surface area contributed by atoms with Gasteiger partial charge in [-0.1, -0.05) is 88.7 Å². The molecule has 0 aliphatic rings. The van der Waals surface area contributed by atoms with Crippen molar-refractivity contribution < 1.29 is 105 Å². The molecule has 3 heterocycles. The minimum atomic E-state index is -1.78. The number of ether oxygens (including phenoxy) is 8. The van der Waals surface area contributed by atoms with Gasteiger partial charge in [0, 0.05) is 162 Å². The number of hydrogen-bond donors (Lipinski definition) is 6. The summed E-state index contributed by atoms with van der Waals surface area (Å²) in [7, 11) is 2.95. The zero-order valence-electron chi connectivity index (χ0n) is 67.2. The van der Waals surface area contributed by atoms with Crippen LogP contribution in [0.1, 0.15) is 124 Å². The Bertz CT molecular complexity index is 5310. The van der Waals surface area contributed by atoms with Crippen molar-refractivity contribution in [3.63, 3.8) is 0 Å². The van der Waals surface area contributed by atoms with E-state index in [-0.39, 0.29) is 136 Å². The Labute approximate surface area is 700 Å². The number of hydrogen-bond acceptors (Lipinski definition) is 17. The maximum Gasteiger partial charge on any atom is 1.00 e. The number of aromatic nitrogens is 3. The van der Waals surface area contributed by atoms with Crippen LogP contribution in [0.25, 0.3) is 55.0 Å². The molecule has 0 saturated heterocycles. The van der Waals surface area contributed by atoms with Crippen LogP contribution in [0.15, 0.2) is 187 Å². The number of fused-ring (bicyclic) bond motifs is 3. The van der Waals surface area contributed by atoms with Crippen LogP contribution in [-0.4, -0.2) is 93.9 Å². The summed E-state index contributed by atoms with van der Waals surface area (Å²) in [4.78, 5) is 35.4. The predicted molar refractivity (Wildman–Crippen MR) is 449 cm³/mol. The number of methoxy groups -OCH3 is 3. The molecule has 9 aromatic carbocycles. The standard InChI is InChI=1S/C30H33FN2O4.C28H29FN2O4.C23H26BrNO4.C7H9BFNO2.ClH.Li.H2O/c1-5-36-29(34)15-21-9-10-23(35-4)16-28(21)37-18-20-13-26(25-8-6-7-22(17-32)30(25)31)24-11-12-33(19(2)3)27(24)14-20;1-17(2)31-10-9-22-24(23-6-4-5-20(15-30)28(23)29)11-18(12-25(22)31)16-35-26-14-21(34-3)8-7-19(26)13-27(32)33;1-5-28-23(26)12-17-6-7-18(27-4)13-22(17)29-14-16-10-20(24)19-8-9-25(15(2)3)21(19)11-16;9-7-5(4-10)2-1-3-6(7)8(11)12;;;/h6-14,16,19H,5,15,17-18,32H2,1-4H3;4-12,14,17H,13,15-16,30H2,1-3H3,(H,32,33);6-11,13,15H,5,12,14H2,1-4H3;1-3,11-12H,4,10H2;1H;;1H2/q;;;;;+1;/p-1. The molecule has 116 heavy (non-hydrogen) atoms. The van der Waals surface area contributed by atoms with Crippen LogP contribution < -0.4 is 69.9 Å². The van der Waals surface area contributed by atoms with Gasteiger partial charge in [0.05, 0.1) is 53.8 Å². The smallest absolute Gasteiger partial charge is 0.870 e. The fourth-order valence-corrected chi connectivity index (χ4v) is 13.6. The number of carboxylic acids is 1. The maximum atomic E-state index is 15.4. The van der Waals surface area contributed by atoms with E-state index < -0.39 is 18.9 Å². The first-order valence-electron chi connectivity index (χ1n) is 37.0. The summed E-state index contributed by atoms with van der Waals surface area (Å²) in [5.74, 6) is 0.609. The topological polar surface area (TPSA) is 309 Å². The molecule has 0 radical (unpaired) electrons. The van der Waals surface area contributed by atoms with E-state index in [1.807, 2.05) is 67.0 Å². The summed E-state index contributed by atoms with van der Waals surface area (Å²) in [5.41, 5.74) is 28.2. The van der Waals surface area contributed by atoms with Crippen LogP contribution >= 0.6 is 28.3 Å². The molecule has 0 fully saturated rings. The Balaban J connectivity index is 0.000000250. The molecule has 28 heteroatoms. The van der Waals surface area contributed by atoms with Crippen molar-refractivity contribution in [1.29, 1.82) is 0 Å². The van der Waals surface area contributed by atoms with Crippen LogP contribution in [-0.2, 0) is 82.6 Å². The van der Waals surface area contributed by atoms with Crippen molar-refractivity contribution in [2.24, 2.45) is 17.2 Å². The van der Waals surface area contributed by atoms with Crippen LogP contribution in [0.3, 0.4) is 0 Å². The van der Waals surface area contributed by atoms with Gasteiger partial charge in [-0.3, -0.25) is 14.4 Å². The molecule has 0 spiro atoms. The Kier molecular flexibility index (Phi) is 36.5. The summed E-state index contributed by atoms with van der Waals surface area (Å²) in [6.45, 7) is 18.0. The number of esters is 2. The van der Waals surface area contributed by atoms with E-state index >= 15 is 8.78 Å². The number of carboxylic acid groups (broad SMARTS) is 1. The second-order valence-corrected chi connectivity index (χ2v) is 28.2. The maximum absolute atomic E-state index is 15.4. The van der Waals surface area contributed by atoms with Crippen molar-refractivity contribution in [2.75, 3.05) is 34.5 Å². The number of nitrogens with zero attached hydrogens (tertiary/aromatic N) is 3. The fourth-order valence-electron chi connectivity index (χ4n) is 13.0. The number of carbonyl (C=O) groups excluding carboxylic acids is 2. The minimum Gasteiger partial charge on any atom is -0.870 e. The normalized spacial score (nSPS) is 10.8. The molecule has 0 amide bonds. The molecule has 12 aromatic rings. The third-order valence-electron chi connectivity index (χ3n) is 18.7. The second kappa shape index (κ2) is 44.8. The van der Waals surface area contributed by atoms with Crippen molar-refractivity contribution >= 4 is 91.5 Å². The SMILES string of the molecule is CCOC(=O)Cc1ccc(OC)cc1OCc1cc(-c2cccc(CN)c2F)c2ccn(C(C)C)c2c1.CCOC(=O)Cc1ccc(OC)cc1OCc1cc(Br)c2ccn(C(C)C)c2c1.COc1ccc(CC(=O)O)c(OCc2cc(-c3cccc(CN)c3F)c3ccn(C(C)C)c3c2)c1.Cl.NCc1cccc(B(O)O)c1F.[Li+].[OH-]. The quantitative estimate of drug-likeness (QED) is 0.0187. The van der Waals surface area contributed by atoms with E-state index in [0.29, 0.717) is 93.7 Å². The van der Waals surface area contributed by atoms with Crippen molar-refractivity contribution in [1.82, 2.24) is 13.7 Å². The first-order chi connectivity index (χ1) is 54.3. The zero-order valence-corrected chi connectivity index (χ0v) is 69.6. The molecule has 12 rings (SSSR count). The largest absolute Gasteiger partial charge is 1.00 e. The molecule has 3 aromatic heterocycles. The van der Waals surface area contributed by atoms with Crippen LogP contribution in [0.2, 0.25) is 0 Å². The van der Waals surface area contributed by atoms with Crippen LogP contribution in [0.5, 0.6) is 34.5 Å². The number of nitrogens with two attached hydrogens (primary N) is 3. The molecule has 0 aliphatic carbocycles. The summed E-state index contributed by atoms with van der Waals surface area (Å²) in [6, 6.07) is 49.9. The molecule has 21 nitrogen and oxygen atoms in total. The van der Waals surface area contributed by atoms with E-state index in [4.69, 9.17) is 65.1 Å². The van der Waals surface area contributed by atoms with Gasteiger partial charge in [0.15, 0.2) is 0 Å². The number of benzene rings is 9. The Hall–Kier alpha value is -10.2. The number of rotatable bonds is 29. The summed E-state index contributed by atoms with van der Waals surface area (Å²) in [6.07, 6.45) is 6.20. The fraction of sp³-hybridized carbons (Fsp3) is 0.284. The van der Waals surface area contributed by atoms with Crippen LogP contribution in [0.4, 0.5) is 13.2 Å². The molecule has 0 saturated carbocycles. The van der Waals surface area contributed by atoms with Gasteiger partial charge in [-0.25, -0.2) is 13.2 Å². The van der Waals surface area contributed by atoms with Gasteiger partial charge in [0.1, 0.15) is 71.8 Å². The average molecular weight is 1670 g/mol. The summed E-state index contributed by atoms with van der Waals surface area (Å²) >= 11 is 3.67. The Morgan fingerprint density at radius 3 is 1.12 bits per heavy atom. The van der Waals surface area contributed by atoms with Gasteiger partial charge in [-0.05, 0) is 156 Å². The molecule has 610 valence electrons. The van der Waals surface area contributed by atoms with Gasteiger partial charge < -0.3 is 89.4 Å². The van der Waals surface area contributed by atoms with E-state index in [9.17, 15) is 23.9 Å². The predicted octanol–water partition coefficient (Wildman–Crippen LogP) is 13.8.